The van der Waals surface area contributed by atoms with Gasteiger partial charge in [0, 0.05) is 11.4 Å². The molecule has 0 unspecified atom stereocenters. The summed E-state index contributed by atoms with van der Waals surface area (Å²) in [6.45, 7) is -2.30. The molecule has 0 saturated carbocycles. The quantitative estimate of drug-likeness (QED) is 0.682. The smallest absolute Gasteiger partial charge is 0.387 e. The minimum absolute atomic E-state index is 0.0878. The molecule has 3 rings (SSSR count). The molecular weight excluding hydrogens is 400 g/mol. The van der Waals surface area contributed by atoms with Crippen molar-refractivity contribution in [1.82, 2.24) is 4.90 Å². The molecule has 9 heteroatoms. The number of hydrogen-bond acceptors (Lipinski definition) is 5. The lowest BCUT2D eigenvalue weighted by atomic mass is 9.95. The van der Waals surface area contributed by atoms with Gasteiger partial charge in [0.15, 0.2) is 0 Å². The Morgan fingerprint density at radius 3 is 2.59 bits per heavy atom. The molecule has 0 spiro atoms. The van der Waals surface area contributed by atoms with Crippen LogP contribution >= 0.6 is 11.3 Å². The molecule has 0 radical (unpaired) electrons. The third-order valence-corrected chi connectivity index (χ3v) is 5.89. The lowest BCUT2D eigenvalue weighted by Gasteiger charge is -2.16. The molecule has 1 aliphatic rings. The van der Waals surface area contributed by atoms with Gasteiger partial charge in [0.25, 0.3) is 5.91 Å². The van der Waals surface area contributed by atoms with E-state index in [-0.39, 0.29) is 18.2 Å². The molecule has 1 aromatic heterocycles. The number of alkyl halides is 2. The molecule has 1 aromatic carbocycles. The third kappa shape index (κ3) is 5.51. The Bertz CT molecular complexity index is 884. The zero-order valence-electron chi connectivity index (χ0n) is 16.0. The summed E-state index contributed by atoms with van der Waals surface area (Å²) in [5.41, 5.74) is 7.82. The second-order valence-electron chi connectivity index (χ2n) is 7.02. The number of rotatable bonds is 8. The van der Waals surface area contributed by atoms with E-state index < -0.39 is 12.5 Å². The van der Waals surface area contributed by atoms with Gasteiger partial charge in [0.05, 0.1) is 12.1 Å². The maximum absolute atomic E-state index is 12.5. The molecule has 0 fully saturated rings. The van der Waals surface area contributed by atoms with Gasteiger partial charge in [-0.05, 0) is 56.0 Å². The van der Waals surface area contributed by atoms with Gasteiger partial charge in [0.1, 0.15) is 10.8 Å². The number of carbonyl (C=O) groups is 2. The van der Waals surface area contributed by atoms with Crippen molar-refractivity contribution in [1.29, 1.82) is 0 Å². The van der Waals surface area contributed by atoms with Crippen molar-refractivity contribution in [3.8, 4) is 5.75 Å². The number of fused-ring (bicyclic) bond motifs is 1. The molecule has 0 atom stereocenters. The monoisotopic (exact) mass is 423 g/mol. The van der Waals surface area contributed by atoms with Crippen LogP contribution in [0.25, 0.3) is 0 Å². The van der Waals surface area contributed by atoms with Crippen molar-refractivity contribution in [3.05, 3.63) is 45.8 Å². The van der Waals surface area contributed by atoms with E-state index in [1.807, 2.05) is 0 Å². The first kappa shape index (κ1) is 21.2. The number of ether oxygens (including phenoxy) is 1. The molecule has 6 nitrogen and oxygen atoms in total. The number of primary amides is 1. The van der Waals surface area contributed by atoms with Gasteiger partial charge in [-0.25, -0.2) is 0 Å². The number of hydrogen-bond donors (Lipinski definition) is 2. The van der Waals surface area contributed by atoms with Crippen LogP contribution in [-0.2, 0) is 24.2 Å². The van der Waals surface area contributed by atoms with Crippen molar-refractivity contribution in [2.45, 2.75) is 38.8 Å². The Hall–Kier alpha value is -2.52. The summed E-state index contributed by atoms with van der Waals surface area (Å²) in [5.74, 6) is -0.671. The number of nitrogens with two attached hydrogens (primary N) is 1. The summed E-state index contributed by atoms with van der Waals surface area (Å²) in [6.07, 6.45) is 3.80. The second-order valence-corrected chi connectivity index (χ2v) is 8.13. The summed E-state index contributed by atoms with van der Waals surface area (Å²) in [6, 6.07) is 6.27. The van der Waals surface area contributed by atoms with Crippen molar-refractivity contribution >= 4 is 28.2 Å². The zero-order valence-corrected chi connectivity index (χ0v) is 16.9. The van der Waals surface area contributed by atoms with Crippen LogP contribution in [-0.4, -0.2) is 36.9 Å². The van der Waals surface area contributed by atoms with Gasteiger partial charge in [-0.2, -0.15) is 8.78 Å². The van der Waals surface area contributed by atoms with Crippen LogP contribution in [0, 0.1) is 0 Å². The molecule has 1 aliphatic carbocycles. The van der Waals surface area contributed by atoms with Gasteiger partial charge in [-0.1, -0.05) is 12.1 Å². The van der Waals surface area contributed by atoms with Crippen LogP contribution in [0.5, 0.6) is 5.75 Å². The average Bonchev–Trinajstić information content (AvgIpc) is 3.00. The van der Waals surface area contributed by atoms with Crippen molar-refractivity contribution in [2.24, 2.45) is 5.73 Å². The lowest BCUT2D eigenvalue weighted by molar-refractivity contribution is -0.117. The van der Waals surface area contributed by atoms with Gasteiger partial charge in [-0.15, -0.1) is 11.3 Å². The van der Waals surface area contributed by atoms with Crippen LogP contribution in [0.15, 0.2) is 24.3 Å². The minimum atomic E-state index is -2.86. The third-order valence-electron chi connectivity index (χ3n) is 4.69. The first-order valence-corrected chi connectivity index (χ1v) is 10.1. The van der Waals surface area contributed by atoms with E-state index >= 15 is 0 Å². The van der Waals surface area contributed by atoms with Crippen LogP contribution < -0.4 is 15.8 Å². The molecule has 0 saturated heterocycles. The van der Waals surface area contributed by atoms with Crippen LogP contribution in [0.2, 0.25) is 0 Å². The highest BCUT2D eigenvalue weighted by Crippen LogP contribution is 2.37. The Morgan fingerprint density at radius 2 is 1.93 bits per heavy atom. The van der Waals surface area contributed by atoms with Crippen molar-refractivity contribution in [2.75, 3.05) is 18.9 Å². The van der Waals surface area contributed by atoms with Gasteiger partial charge in [-0.3, -0.25) is 14.5 Å². The Morgan fingerprint density at radius 1 is 1.24 bits per heavy atom. The maximum Gasteiger partial charge on any atom is 0.387 e. The van der Waals surface area contributed by atoms with Gasteiger partial charge < -0.3 is 15.8 Å². The first-order valence-electron chi connectivity index (χ1n) is 9.30. The molecule has 2 aromatic rings. The number of aryl methyl sites for hydroxylation is 1. The normalized spacial score (nSPS) is 13.4. The van der Waals surface area contributed by atoms with Gasteiger partial charge >= 0.3 is 6.61 Å². The Balaban J connectivity index is 1.59. The van der Waals surface area contributed by atoms with E-state index in [0.717, 1.165) is 41.7 Å². The number of amides is 2. The summed E-state index contributed by atoms with van der Waals surface area (Å²) in [5, 5.41) is 3.35. The molecule has 2 amide bonds. The number of benzene rings is 1. The van der Waals surface area contributed by atoms with E-state index in [0.29, 0.717) is 17.1 Å². The maximum atomic E-state index is 12.5. The SMILES string of the molecule is CN(CC(=O)Nc1sc2c(c1C(N)=O)CCCC2)Cc1ccc(OC(F)F)cc1. The van der Waals surface area contributed by atoms with E-state index in [1.165, 1.54) is 23.5 Å². The van der Waals surface area contributed by atoms with E-state index in [1.54, 1.807) is 24.1 Å². The highest BCUT2D eigenvalue weighted by molar-refractivity contribution is 7.17. The number of thiophene rings is 1. The first-order chi connectivity index (χ1) is 13.8. The standard InChI is InChI=1S/C20H23F2N3O3S/c1-25(10-12-6-8-13(9-7-12)28-20(21)22)11-16(26)24-19-17(18(23)27)14-4-2-3-5-15(14)29-19/h6-9,20H,2-5,10-11H2,1H3,(H2,23,27)(H,24,26). The average molecular weight is 423 g/mol. The minimum Gasteiger partial charge on any atom is -0.435 e. The largest absolute Gasteiger partial charge is 0.435 e. The number of nitrogens with zero attached hydrogens (tertiary/aromatic N) is 1. The van der Waals surface area contributed by atoms with Crippen LogP contribution in [0.3, 0.4) is 0 Å². The number of likely N-dealkylation sites (N-methyl/N-ethyl adjacent to an activating group) is 1. The summed E-state index contributed by atoms with van der Waals surface area (Å²) in [4.78, 5) is 27.3. The lowest BCUT2D eigenvalue weighted by Crippen LogP contribution is -2.30. The Kier molecular flexibility index (Phi) is 6.81. The molecule has 29 heavy (non-hydrogen) atoms. The molecule has 156 valence electrons. The predicted octanol–water partition coefficient (Wildman–Crippen LogP) is 3.40. The fourth-order valence-electron chi connectivity index (χ4n) is 3.47. The summed E-state index contributed by atoms with van der Waals surface area (Å²) >= 11 is 1.43. The predicted molar refractivity (Wildman–Crippen MR) is 108 cm³/mol. The number of anilines is 1. The fraction of sp³-hybridized carbons (Fsp3) is 0.400. The number of carbonyl (C=O) groups excluding carboxylic acids is 2. The van der Waals surface area contributed by atoms with Crippen molar-refractivity contribution < 1.29 is 23.1 Å². The highest BCUT2D eigenvalue weighted by atomic mass is 32.1. The van der Waals surface area contributed by atoms with E-state index in [9.17, 15) is 18.4 Å². The summed E-state index contributed by atoms with van der Waals surface area (Å²) < 4.78 is 28.7. The van der Waals surface area contributed by atoms with Gasteiger partial charge in [0.2, 0.25) is 5.91 Å². The number of nitrogens with one attached hydrogen (secondary N) is 1. The molecule has 0 bridgehead atoms. The van der Waals surface area contributed by atoms with E-state index in [4.69, 9.17) is 5.73 Å². The number of halogens is 2. The van der Waals surface area contributed by atoms with Crippen LogP contribution in [0.4, 0.5) is 13.8 Å². The molecular formula is C20H23F2N3O3S. The summed E-state index contributed by atoms with van der Waals surface area (Å²) in [7, 11) is 1.78. The topological polar surface area (TPSA) is 84.7 Å². The zero-order chi connectivity index (χ0) is 21.0. The Labute approximate surface area is 171 Å². The van der Waals surface area contributed by atoms with Crippen molar-refractivity contribution in [3.63, 3.8) is 0 Å². The molecule has 1 heterocycles. The second kappa shape index (κ2) is 9.32. The van der Waals surface area contributed by atoms with Crippen LogP contribution in [0.1, 0.15) is 39.2 Å². The molecule has 0 aliphatic heterocycles. The highest BCUT2D eigenvalue weighted by Gasteiger charge is 2.25. The fourth-order valence-corrected chi connectivity index (χ4v) is 4.78. The van der Waals surface area contributed by atoms with E-state index in [2.05, 4.69) is 10.1 Å². The molecule has 3 N–H and O–H groups in total.